The standard InChI is InChI=1S/C12H15F3N2O3S.ClH/c1-9-8-16-5-6-17(9)21(18,19)11-4-2-3-10(7-11)20-12(13,14)15;/h2-4,7,9,16H,5-6,8H2,1H3;1H/t9-;/m1./s1. The van der Waals surface area contributed by atoms with Crippen LogP contribution in [0, 0.1) is 0 Å². The molecule has 2 rings (SSSR count). The van der Waals surface area contributed by atoms with Crippen molar-refractivity contribution in [2.75, 3.05) is 19.6 Å². The lowest BCUT2D eigenvalue weighted by atomic mass is 10.3. The van der Waals surface area contributed by atoms with Gasteiger partial charge in [-0.1, -0.05) is 6.07 Å². The van der Waals surface area contributed by atoms with E-state index in [0.29, 0.717) is 13.1 Å². The number of nitrogens with zero attached hydrogens (tertiary/aromatic N) is 1. The highest BCUT2D eigenvalue weighted by Crippen LogP contribution is 2.27. The van der Waals surface area contributed by atoms with E-state index in [2.05, 4.69) is 10.1 Å². The second-order valence-corrected chi connectivity index (χ2v) is 6.58. The number of halogens is 4. The third kappa shape index (κ3) is 4.48. The van der Waals surface area contributed by atoms with Crippen LogP contribution < -0.4 is 10.1 Å². The minimum absolute atomic E-state index is 0. The highest BCUT2D eigenvalue weighted by Gasteiger charge is 2.33. The molecule has 0 amide bonds. The number of rotatable bonds is 3. The Morgan fingerprint density at radius 3 is 2.64 bits per heavy atom. The first-order chi connectivity index (χ1) is 9.70. The van der Waals surface area contributed by atoms with E-state index in [4.69, 9.17) is 0 Å². The number of hydrogen-bond acceptors (Lipinski definition) is 4. The minimum atomic E-state index is -4.86. The lowest BCUT2D eigenvalue weighted by molar-refractivity contribution is -0.274. The van der Waals surface area contributed by atoms with Crippen molar-refractivity contribution in [1.82, 2.24) is 9.62 Å². The zero-order chi connectivity index (χ0) is 15.7. The van der Waals surface area contributed by atoms with Gasteiger partial charge >= 0.3 is 6.36 Å². The highest BCUT2D eigenvalue weighted by molar-refractivity contribution is 7.89. The molecule has 0 saturated carbocycles. The van der Waals surface area contributed by atoms with Crippen molar-refractivity contribution in [2.45, 2.75) is 24.2 Å². The Labute approximate surface area is 132 Å². The average Bonchev–Trinajstić information content (AvgIpc) is 2.37. The largest absolute Gasteiger partial charge is 0.573 e. The quantitative estimate of drug-likeness (QED) is 0.895. The molecule has 0 unspecified atom stereocenters. The lowest BCUT2D eigenvalue weighted by Crippen LogP contribution is -2.52. The smallest absolute Gasteiger partial charge is 0.406 e. The molecule has 1 atom stereocenters. The Bertz CT molecular complexity index is 610. The third-order valence-electron chi connectivity index (χ3n) is 3.09. The van der Waals surface area contributed by atoms with Crippen molar-refractivity contribution in [3.8, 4) is 5.75 Å². The SMILES string of the molecule is C[C@@H]1CNCCN1S(=O)(=O)c1cccc(OC(F)(F)F)c1.Cl. The fraction of sp³-hybridized carbons (Fsp3) is 0.500. The van der Waals surface area contributed by atoms with E-state index in [1.807, 2.05) is 0 Å². The first kappa shape index (κ1) is 19.0. The van der Waals surface area contributed by atoms with E-state index in [0.717, 1.165) is 12.1 Å². The fourth-order valence-electron chi connectivity index (χ4n) is 2.15. The predicted octanol–water partition coefficient (Wildman–Crippen LogP) is 1.99. The molecule has 10 heteroatoms. The Kier molecular flexibility index (Phi) is 6.08. The van der Waals surface area contributed by atoms with Crippen LogP contribution in [0.15, 0.2) is 29.2 Å². The molecule has 1 fully saturated rings. The normalized spacial score (nSPS) is 20.3. The second kappa shape index (κ2) is 7.03. The highest BCUT2D eigenvalue weighted by atomic mass is 35.5. The summed E-state index contributed by atoms with van der Waals surface area (Å²) in [5.74, 6) is -0.550. The van der Waals surface area contributed by atoms with Crippen LogP contribution in [0.2, 0.25) is 0 Å². The van der Waals surface area contributed by atoms with Gasteiger partial charge in [0.2, 0.25) is 10.0 Å². The van der Waals surface area contributed by atoms with Gasteiger partial charge in [-0.25, -0.2) is 8.42 Å². The number of hydrogen-bond donors (Lipinski definition) is 1. The summed E-state index contributed by atoms with van der Waals surface area (Å²) in [4.78, 5) is -0.210. The van der Waals surface area contributed by atoms with Crippen molar-refractivity contribution < 1.29 is 26.3 Å². The van der Waals surface area contributed by atoms with E-state index in [1.54, 1.807) is 6.92 Å². The van der Waals surface area contributed by atoms with Gasteiger partial charge in [0.15, 0.2) is 0 Å². The molecule has 1 aromatic rings. The van der Waals surface area contributed by atoms with E-state index in [1.165, 1.54) is 16.4 Å². The number of piperazine rings is 1. The van der Waals surface area contributed by atoms with Gasteiger partial charge in [-0.2, -0.15) is 4.31 Å². The summed E-state index contributed by atoms with van der Waals surface area (Å²) in [6.45, 7) is 3.01. The molecule has 126 valence electrons. The zero-order valence-corrected chi connectivity index (χ0v) is 13.3. The summed E-state index contributed by atoms with van der Waals surface area (Å²) in [5.41, 5.74) is 0. The molecular formula is C12H16ClF3N2O3S. The van der Waals surface area contributed by atoms with Crippen molar-refractivity contribution in [1.29, 1.82) is 0 Å². The van der Waals surface area contributed by atoms with Crippen LogP contribution in [0.3, 0.4) is 0 Å². The minimum Gasteiger partial charge on any atom is -0.406 e. The topological polar surface area (TPSA) is 58.6 Å². The molecule has 0 radical (unpaired) electrons. The maximum atomic E-state index is 12.5. The van der Waals surface area contributed by atoms with E-state index < -0.39 is 22.1 Å². The molecule has 5 nitrogen and oxygen atoms in total. The van der Waals surface area contributed by atoms with Crippen LogP contribution in [0.4, 0.5) is 13.2 Å². The molecule has 22 heavy (non-hydrogen) atoms. The van der Waals surface area contributed by atoms with Gasteiger partial charge in [0.05, 0.1) is 4.90 Å². The molecule has 0 spiro atoms. The van der Waals surface area contributed by atoms with Gasteiger partial charge in [-0.3, -0.25) is 0 Å². The van der Waals surface area contributed by atoms with Gasteiger partial charge in [0.1, 0.15) is 5.75 Å². The third-order valence-corrected chi connectivity index (χ3v) is 5.10. The summed E-state index contributed by atoms with van der Waals surface area (Å²) in [6, 6.07) is 4.16. The number of ether oxygens (including phenoxy) is 1. The Hall–Kier alpha value is -1.03. The Morgan fingerprint density at radius 2 is 2.05 bits per heavy atom. The van der Waals surface area contributed by atoms with Crippen molar-refractivity contribution in [3.63, 3.8) is 0 Å². The van der Waals surface area contributed by atoms with Crippen LogP contribution in [-0.2, 0) is 10.0 Å². The van der Waals surface area contributed by atoms with E-state index in [-0.39, 0.29) is 29.9 Å². The molecule has 0 aliphatic carbocycles. The predicted molar refractivity (Wildman–Crippen MR) is 76.6 cm³/mol. The monoisotopic (exact) mass is 360 g/mol. The first-order valence-electron chi connectivity index (χ1n) is 6.28. The van der Waals surface area contributed by atoms with Crippen molar-refractivity contribution >= 4 is 22.4 Å². The first-order valence-corrected chi connectivity index (χ1v) is 7.72. The fourth-order valence-corrected chi connectivity index (χ4v) is 3.81. The Balaban J connectivity index is 0.00000242. The number of benzene rings is 1. The van der Waals surface area contributed by atoms with Gasteiger partial charge < -0.3 is 10.1 Å². The van der Waals surface area contributed by atoms with Gasteiger partial charge in [-0.15, -0.1) is 25.6 Å². The Morgan fingerprint density at radius 1 is 1.36 bits per heavy atom. The van der Waals surface area contributed by atoms with Crippen LogP contribution >= 0.6 is 12.4 Å². The summed E-state index contributed by atoms with van der Waals surface area (Å²) in [7, 11) is -3.84. The summed E-state index contributed by atoms with van der Waals surface area (Å²) < 4.78 is 66.6. The molecule has 0 aromatic heterocycles. The van der Waals surface area contributed by atoms with E-state index in [9.17, 15) is 21.6 Å². The van der Waals surface area contributed by atoms with Gasteiger partial charge in [0.25, 0.3) is 0 Å². The number of alkyl halides is 3. The maximum absolute atomic E-state index is 12.5. The van der Waals surface area contributed by atoms with E-state index >= 15 is 0 Å². The summed E-state index contributed by atoms with van der Waals surface area (Å²) in [5, 5.41) is 3.05. The van der Waals surface area contributed by atoms with Crippen LogP contribution in [0.5, 0.6) is 5.75 Å². The summed E-state index contributed by atoms with van der Waals surface area (Å²) >= 11 is 0. The molecule has 0 bridgehead atoms. The van der Waals surface area contributed by atoms with Crippen LogP contribution in [0.1, 0.15) is 6.92 Å². The second-order valence-electron chi connectivity index (χ2n) is 4.69. The zero-order valence-electron chi connectivity index (χ0n) is 11.6. The van der Waals surface area contributed by atoms with Crippen LogP contribution in [0.25, 0.3) is 0 Å². The average molecular weight is 361 g/mol. The molecule has 1 heterocycles. The molecular weight excluding hydrogens is 345 g/mol. The number of sulfonamides is 1. The van der Waals surface area contributed by atoms with Crippen molar-refractivity contribution in [3.05, 3.63) is 24.3 Å². The van der Waals surface area contributed by atoms with Crippen molar-refractivity contribution in [2.24, 2.45) is 0 Å². The molecule has 1 aliphatic rings. The molecule has 1 saturated heterocycles. The number of nitrogens with one attached hydrogen (secondary N) is 1. The molecule has 1 aromatic carbocycles. The summed E-state index contributed by atoms with van der Waals surface area (Å²) in [6.07, 6.45) is -4.86. The lowest BCUT2D eigenvalue weighted by Gasteiger charge is -2.32. The van der Waals surface area contributed by atoms with Crippen LogP contribution in [-0.4, -0.2) is 44.8 Å². The molecule has 1 aliphatic heterocycles. The van der Waals surface area contributed by atoms with Gasteiger partial charge in [0, 0.05) is 31.7 Å². The van der Waals surface area contributed by atoms with Gasteiger partial charge in [-0.05, 0) is 19.1 Å². The maximum Gasteiger partial charge on any atom is 0.573 e. The molecule has 1 N–H and O–H groups in total.